The van der Waals surface area contributed by atoms with Gasteiger partial charge in [-0.1, -0.05) is 6.92 Å². The molecule has 0 saturated carbocycles. The minimum Gasteiger partial charge on any atom is -0.325 e. The van der Waals surface area contributed by atoms with E-state index < -0.39 is 6.04 Å². The summed E-state index contributed by atoms with van der Waals surface area (Å²) in [6.45, 7) is 1.82. The van der Waals surface area contributed by atoms with E-state index in [9.17, 15) is 9.18 Å². The molecule has 0 fully saturated rings. The summed E-state index contributed by atoms with van der Waals surface area (Å²) in [7, 11) is 0. The molecule has 0 heterocycles. The van der Waals surface area contributed by atoms with Gasteiger partial charge < -0.3 is 11.1 Å². The van der Waals surface area contributed by atoms with Crippen molar-refractivity contribution in [1.82, 2.24) is 0 Å². The summed E-state index contributed by atoms with van der Waals surface area (Å²) in [5, 5.41) is 2.60. The van der Waals surface area contributed by atoms with Gasteiger partial charge in [0.25, 0.3) is 0 Å². The van der Waals surface area contributed by atoms with Gasteiger partial charge in [0.15, 0.2) is 0 Å². The number of rotatable bonds is 3. The lowest BCUT2D eigenvalue weighted by Crippen LogP contribution is -2.34. The molecule has 1 amide bonds. The van der Waals surface area contributed by atoms with Crippen molar-refractivity contribution in [3.05, 3.63) is 28.5 Å². The molecular weight excluding hydrogens is 263 g/mol. The van der Waals surface area contributed by atoms with Crippen molar-refractivity contribution in [3.63, 3.8) is 0 Å². The zero-order valence-corrected chi connectivity index (χ0v) is 9.84. The second-order valence-electron chi connectivity index (χ2n) is 3.13. The molecule has 1 aromatic rings. The van der Waals surface area contributed by atoms with Crippen LogP contribution in [0.4, 0.5) is 10.1 Å². The Labute approximate surface area is 96.0 Å². The lowest BCUT2D eigenvalue weighted by atomic mass is 10.2. The fourth-order valence-electron chi connectivity index (χ4n) is 0.994. The Morgan fingerprint density at radius 2 is 2.33 bits per heavy atom. The summed E-state index contributed by atoms with van der Waals surface area (Å²) in [5.74, 6) is -0.635. The molecule has 1 rings (SSSR count). The van der Waals surface area contributed by atoms with Gasteiger partial charge in [0.2, 0.25) is 5.91 Å². The lowest BCUT2D eigenvalue weighted by molar-refractivity contribution is -0.117. The second kappa shape index (κ2) is 5.23. The van der Waals surface area contributed by atoms with Crippen LogP contribution in [0.25, 0.3) is 0 Å². The van der Waals surface area contributed by atoms with Crippen molar-refractivity contribution in [3.8, 4) is 0 Å². The van der Waals surface area contributed by atoms with Crippen molar-refractivity contribution >= 4 is 27.5 Å². The Kier molecular flexibility index (Phi) is 4.23. The monoisotopic (exact) mass is 274 g/mol. The molecular formula is C10H12BrFN2O. The fourth-order valence-corrected chi connectivity index (χ4v) is 1.37. The van der Waals surface area contributed by atoms with Crippen LogP contribution in [-0.2, 0) is 4.79 Å². The van der Waals surface area contributed by atoms with Gasteiger partial charge in [-0.2, -0.15) is 0 Å². The van der Waals surface area contributed by atoms with Crippen molar-refractivity contribution in [2.45, 2.75) is 19.4 Å². The molecule has 1 aromatic carbocycles. The van der Waals surface area contributed by atoms with E-state index in [0.29, 0.717) is 16.6 Å². The molecule has 82 valence electrons. The van der Waals surface area contributed by atoms with Crippen LogP contribution in [0.1, 0.15) is 13.3 Å². The maximum absolute atomic E-state index is 12.9. The minimum absolute atomic E-state index is 0.268. The van der Waals surface area contributed by atoms with Gasteiger partial charge in [0.1, 0.15) is 5.82 Å². The number of halogens is 2. The lowest BCUT2D eigenvalue weighted by Gasteiger charge is -2.10. The molecule has 0 aliphatic rings. The normalized spacial score (nSPS) is 12.3. The van der Waals surface area contributed by atoms with Gasteiger partial charge >= 0.3 is 0 Å². The number of anilines is 1. The molecule has 0 spiro atoms. The number of benzene rings is 1. The van der Waals surface area contributed by atoms with Crippen LogP contribution in [0.3, 0.4) is 0 Å². The number of hydrogen-bond acceptors (Lipinski definition) is 2. The fraction of sp³-hybridized carbons (Fsp3) is 0.300. The van der Waals surface area contributed by atoms with Gasteiger partial charge in [-0.3, -0.25) is 4.79 Å². The highest BCUT2D eigenvalue weighted by molar-refractivity contribution is 9.10. The summed E-state index contributed by atoms with van der Waals surface area (Å²) in [6, 6.07) is 3.72. The van der Waals surface area contributed by atoms with Gasteiger partial charge in [-0.15, -0.1) is 0 Å². The molecule has 0 aromatic heterocycles. The van der Waals surface area contributed by atoms with Crippen molar-refractivity contribution < 1.29 is 9.18 Å². The predicted octanol–water partition coefficient (Wildman–Crippen LogP) is 2.26. The first-order valence-electron chi connectivity index (χ1n) is 4.56. The van der Waals surface area contributed by atoms with Crippen LogP contribution >= 0.6 is 15.9 Å². The Morgan fingerprint density at radius 1 is 1.67 bits per heavy atom. The van der Waals surface area contributed by atoms with E-state index in [0.717, 1.165) is 0 Å². The Morgan fingerprint density at radius 3 is 2.87 bits per heavy atom. The van der Waals surface area contributed by atoms with Gasteiger partial charge in [0, 0.05) is 5.69 Å². The molecule has 0 unspecified atom stereocenters. The standard InChI is InChI=1S/C10H12BrFN2O/c1-2-9(13)10(15)14-6-3-4-8(12)7(11)5-6/h3-5,9H,2,13H2,1H3,(H,14,15)/t9-/m0/s1. The highest BCUT2D eigenvalue weighted by atomic mass is 79.9. The Hall–Kier alpha value is -0.940. The smallest absolute Gasteiger partial charge is 0.241 e. The zero-order valence-electron chi connectivity index (χ0n) is 8.26. The number of nitrogens with two attached hydrogens (primary N) is 1. The first kappa shape index (κ1) is 12.1. The second-order valence-corrected chi connectivity index (χ2v) is 3.99. The third-order valence-electron chi connectivity index (χ3n) is 1.96. The molecule has 0 aliphatic carbocycles. The van der Waals surface area contributed by atoms with E-state index in [1.54, 1.807) is 0 Å². The summed E-state index contributed by atoms with van der Waals surface area (Å²) < 4.78 is 13.2. The number of hydrogen-bond donors (Lipinski definition) is 2. The average molecular weight is 275 g/mol. The first-order valence-corrected chi connectivity index (χ1v) is 5.35. The number of carbonyl (C=O) groups excluding carboxylic acids is 1. The van der Waals surface area contributed by atoms with E-state index in [-0.39, 0.29) is 11.7 Å². The highest BCUT2D eigenvalue weighted by Crippen LogP contribution is 2.20. The molecule has 1 atom stereocenters. The quantitative estimate of drug-likeness (QED) is 0.889. The summed E-state index contributed by atoms with van der Waals surface area (Å²) in [6.07, 6.45) is 0.564. The van der Waals surface area contributed by atoms with Crippen LogP contribution in [0, 0.1) is 5.82 Å². The van der Waals surface area contributed by atoms with Crippen LogP contribution in [0.5, 0.6) is 0 Å². The van der Waals surface area contributed by atoms with Crippen LogP contribution in [-0.4, -0.2) is 11.9 Å². The molecule has 15 heavy (non-hydrogen) atoms. The molecule has 5 heteroatoms. The summed E-state index contributed by atoms with van der Waals surface area (Å²) in [4.78, 5) is 11.4. The highest BCUT2D eigenvalue weighted by Gasteiger charge is 2.11. The van der Waals surface area contributed by atoms with Gasteiger partial charge in [-0.05, 0) is 40.5 Å². The van der Waals surface area contributed by atoms with Gasteiger partial charge in [-0.25, -0.2) is 4.39 Å². The number of carbonyl (C=O) groups is 1. The largest absolute Gasteiger partial charge is 0.325 e. The summed E-state index contributed by atoms with van der Waals surface area (Å²) in [5.41, 5.74) is 6.06. The van der Waals surface area contributed by atoms with Crippen molar-refractivity contribution in [2.24, 2.45) is 5.73 Å². The van der Waals surface area contributed by atoms with E-state index in [2.05, 4.69) is 21.2 Å². The Bertz CT molecular complexity index is 370. The van der Waals surface area contributed by atoms with Crippen molar-refractivity contribution in [2.75, 3.05) is 5.32 Å². The van der Waals surface area contributed by atoms with Crippen LogP contribution in [0.15, 0.2) is 22.7 Å². The maximum atomic E-state index is 12.9. The summed E-state index contributed by atoms with van der Waals surface area (Å²) >= 11 is 3.03. The maximum Gasteiger partial charge on any atom is 0.241 e. The first-order chi connectivity index (χ1) is 7.04. The third kappa shape index (κ3) is 3.28. The number of amides is 1. The van der Waals surface area contributed by atoms with E-state index >= 15 is 0 Å². The topological polar surface area (TPSA) is 55.1 Å². The molecule has 3 N–H and O–H groups in total. The number of nitrogens with one attached hydrogen (secondary N) is 1. The van der Waals surface area contributed by atoms with E-state index in [1.807, 2.05) is 6.92 Å². The van der Waals surface area contributed by atoms with E-state index in [1.165, 1.54) is 18.2 Å². The molecule has 0 radical (unpaired) electrons. The van der Waals surface area contributed by atoms with Crippen LogP contribution < -0.4 is 11.1 Å². The van der Waals surface area contributed by atoms with Crippen LogP contribution in [0.2, 0.25) is 0 Å². The molecule has 0 saturated heterocycles. The average Bonchev–Trinajstić information content (AvgIpc) is 2.22. The minimum atomic E-state index is -0.533. The SMILES string of the molecule is CC[C@H](N)C(=O)Nc1ccc(F)c(Br)c1. The van der Waals surface area contributed by atoms with E-state index in [4.69, 9.17) is 5.73 Å². The third-order valence-corrected chi connectivity index (χ3v) is 2.57. The molecule has 3 nitrogen and oxygen atoms in total. The predicted molar refractivity (Wildman–Crippen MR) is 61.0 cm³/mol. The van der Waals surface area contributed by atoms with Gasteiger partial charge in [0.05, 0.1) is 10.5 Å². The van der Waals surface area contributed by atoms with Crippen molar-refractivity contribution in [1.29, 1.82) is 0 Å². The Balaban J connectivity index is 2.73. The molecule has 0 bridgehead atoms. The molecule has 0 aliphatic heterocycles. The zero-order chi connectivity index (χ0) is 11.4.